The summed E-state index contributed by atoms with van der Waals surface area (Å²) >= 11 is 5.66. The summed E-state index contributed by atoms with van der Waals surface area (Å²) in [6.45, 7) is 0.345. The third kappa shape index (κ3) is 3.16. The quantitative estimate of drug-likeness (QED) is 0.897. The molecule has 1 aromatic carbocycles. The maximum atomic E-state index is 12.6. The SMILES string of the molecule is FC(F)(F)c1cc(Cl)cc(NCc2cnc[nH]2)c1. The zero-order valence-electron chi connectivity index (χ0n) is 9.05. The van der Waals surface area contributed by atoms with Crippen molar-refractivity contribution in [2.24, 2.45) is 0 Å². The minimum absolute atomic E-state index is 0.0388. The Kier molecular flexibility index (Phi) is 3.47. The van der Waals surface area contributed by atoms with Crippen molar-refractivity contribution in [3.05, 3.63) is 47.0 Å². The average molecular weight is 276 g/mol. The van der Waals surface area contributed by atoms with E-state index in [2.05, 4.69) is 15.3 Å². The zero-order chi connectivity index (χ0) is 13.2. The van der Waals surface area contributed by atoms with Crippen molar-refractivity contribution < 1.29 is 13.2 Å². The second kappa shape index (κ2) is 4.89. The average Bonchev–Trinajstić information content (AvgIpc) is 2.77. The van der Waals surface area contributed by atoms with E-state index in [9.17, 15) is 13.2 Å². The standard InChI is InChI=1S/C11H9ClF3N3/c12-8-1-7(11(13,14)15)2-9(3-8)17-5-10-4-16-6-18-10/h1-4,6,17H,5H2,(H,16,18). The minimum atomic E-state index is -4.41. The highest BCUT2D eigenvalue weighted by atomic mass is 35.5. The fourth-order valence-electron chi connectivity index (χ4n) is 1.43. The van der Waals surface area contributed by atoms with Gasteiger partial charge in [0.1, 0.15) is 0 Å². The molecule has 7 heteroatoms. The molecule has 0 atom stereocenters. The van der Waals surface area contributed by atoms with Gasteiger partial charge < -0.3 is 10.3 Å². The van der Waals surface area contributed by atoms with Gasteiger partial charge in [0.2, 0.25) is 0 Å². The highest BCUT2D eigenvalue weighted by Gasteiger charge is 2.31. The van der Waals surface area contributed by atoms with Gasteiger partial charge in [0, 0.05) is 16.9 Å². The molecule has 0 unspecified atom stereocenters. The van der Waals surface area contributed by atoms with E-state index in [4.69, 9.17) is 11.6 Å². The number of hydrogen-bond donors (Lipinski definition) is 2. The van der Waals surface area contributed by atoms with Crippen molar-refractivity contribution in [1.29, 1.82) is 0 Å². The van der Waals surface area contributed by atoms with E-state index < -0.39 is 11.7 Å². The first-order valence-corrected chi connectivity index (χ1v) is 5.42. The number of aromatic amines is 1. The van der Waals surface area contributed by atoms with Crippen LogP contribution in [0.1, 0.15) is 11.3 Å². The van der Waals surface area contributed by atoms with E-state index in [1.54, 1.807) is 6.20 Å². The molecule has 0 radical (unpaired) electrons. The Morgan fingerprint density at radius 1 is 1.28 bits per heavy atom. The molecule has 0 saturated heterocycles. The lowest BCUT2D eigenvalue weighted by molar-refractivity contribution is -0.137. The predicted molar refractivity (Wildman–Crippen MR) is 62.4 cm³/mol. The van der Waals surface area contributed by atoms with Crippen LogP contribution in [-0.4, -0.2) is 9.97 Å². The number of imidazole rings is 1. The van der Waals surface area contributed by atoms with Crippen LogP contribution in [0.2, 0.25) is 5.02 Å². The number of nitrogens with zero attached hydrogens (tertiary/aromatic N) is 1. The van der Waals surface area contributed by atoms with Gasteiger partial charge >= 0.3 is 6.18 Å². The smallest absolute Gasteiger partial charge is 0.379 e. The molecule has 96 valence electrons. The Bertz CT molecular complexity index is 523. The van der Waals surface area contributed by atoms with Crippen LogP contribution in [0.5, 0.6) is 0 Å². The second-order valence-electron chi connectivity index (χ2n) is 3.66. The Morgan fingerprint density at radius 3 is 2.67 bits per heavy atom. The van der Waals surface area contributed by atoms with Crippen molar-refractivity contribution in [3.8, 4) is 0 Å². The molecule has 3 nitrogen and oxygen atoms in total. The first-order valence-electron chi connectivity index (χ1n) is 5.04. The van der Waals surface area contributed by atoms with E-state index >= 15 is 0 Å². The summed E-state index contributed by atoms with van der Waals surface area (Å²) < 4.78 is 37.7. The summed E-state index contributed by atoms with van der Waals surface area (Å²) in [7, 11) is 0. The fraction of sp³-hybridized carbons (Fsp3) is 0.182. The summed E-state index contributed by atoms with van der Waals surface area (Å²) in [5.41, 5.74) is 0.301. The van der Waals surface area contributed by atoms with Crippen LogP contribution in [0, 0.1) is 0 Å². The van der Waals surface area contributed by atoms with Crippen LogP contribution < -0.4 is 5.32 Å². The lowest BCUT2D eigenvalue weighted by Crippen LogP contribution is -2.07. The topological polar surface area (TPSA) is 40.7 Å². The molecule has 0 aliphatic rings. The van der Waals surface area contributed by atoms with Gasteiger partial charge in [0.25, 0.3) is 0 Å². The van der Waals surface area contributed by atoms with Gasteiger partial charge in [-0.05, 0) is 18.2 Å². The van der Waals surface area contributed by atoms with Crippen LogP contribution in [0.3, 0.4) is 0 Å². The molecule has 1 heterocycles. The van der Waals surface area contributed by atoms with E-state index in [0.29, 0.717) is 12.2 Å². The molecule has 2 N–H and O–H groups in total. The highest BCUT2D eigenvalue weighted by molar-refractivity contribution is 6.30. The van der Waals surface area contributed by atoms with E-state index in [-0.39, 0.29) is 5.02 Å². The van der Waals surface area contributed by atoms with Gasteiger partial charge in [0.15, 0.2) is 0 Å². The molecule has 2 rings (SSSR count). The molecule has 2 aromatic rings. The molecule has 1 aromatic heterocycles. The summed E-state index contributed by atoms with van der Waals surface area (Å²) in [6.07, 6.45) is -1.33. The van der Waals surface area contributed by atoms with Crippen molar-refractivity contribution >= 4 is 17.3 Å². The lowest BCUT2D eigenvalue weighted by atomic mass is 10.2. The van der Waals surface area contributed by atoms with Gasteiger partial charge in [-0.1, -0.05) is 11.6 Å². The summed E-state index contributed by atoms with van der Waals surface area (Å²) in [4.78, 5) is 6.65. The number of anilines is 1. The largest absolute Gasteiger partial charge is 0.416 e. The number of alkyl halides is 3. The molecule has 0 saturated carbocycles. The van der Waals surface area contributed by atoms with Gasteiger partial charge in [-0.25, -0.2) is 4.98 Å². The second-order valence-corrected chi connectivity index (χ2v) is 4.09. The Balaban J connectivity index is 2.15. The molecule has 0 bridgehead atoms. The molecule has 0 aliphatic carbocycles. The Hall–Kier alpha value is -1.69. The molecule has 18 heavy (non-hydrogen) atoms. The van der Waals surface area contributed by atoms with Crippen LogP contribution in [0.25, 0.3) is 0 Å². The van der Waals surface area contributed by atoms with Crippen molar-refractivity contribution in [1.82, 2.24) is 9.97 Å². The first-order chi connectivity index (χ1) is 8.45. The maximum Gasteiger partial charge on any atom is 0.416 e. The lowest BCUT2D eigenvalue weighted by Gasteiger charge is -2.11. The van der Waals surface area contributed by atoms with Crippen LogP contribution in [-0.2, 0) is 12.7 Å². The predicted octanol–water partition coefficient (Wildman–Crippen LogP) is 3.69. The first kappa shape index (κ1) is 12.8. The highest BCUT2D eigenvalue weighted by Crippen LogP contribution is 2.33. The van der Waals surface area contributed by atoms with Gasteiger partial charge in [-0.15, -0.1) is 0 Å². The normalized spacial score (nSPS) is 11.6. The molecule has 0 amide bonds. The Morgan fingerprint density at radius 2 is 2.06 bits per heavy atom. The number of H-pyrrole nitrogens is 1. The summed E-state index contributed by atoms with van der Waals surface area (Å²) in [6, 6.07) is 3.35. The minimum Gasteiger partial charge on any atom is -0.379 e. The monoisotopic (exact) mass is 275 g/mol. The molecule has 0 spiro atoms. The van der Waals surface area contributed by atoms with Gasteiger partial charge in [-0.2, -0.15) is 13.2 Å². The van der Waals surface area contributed by atoms with Crippen LogP contribution in [0.4, 0.5) is 18.9 Å². The van der Waals surface area contributed by atoms with Crippen LogP contribution in [0.15, 0.2) is 30.7 Å². The number of halogens is 4. The summed E-state index contributed by atoms with van der Waals surface area (Å²) in [5, 5.41) is 2.88. The number of aromatic nitrogens is 2. The van der Waals surface area contributed by atoms with E-state index in [1.165, 1.54) is 12.4 Å². The third-order valence-corrected chi connectivity index (χ3v) is 2.48. The molecule has 0 aliphatic heterocycles. The number of hydrogen-bond acceptors (Lipinski definition) is 2. The van der Waals surface area contributed by atoms with Crippen molar-refractivity contribution in [3.63, 3.8) is 0 Å². The Labute approximate surface area is 106 Å². The zero-order valence-corrected chi connectivity index (χ0v) is 9.81. The number of nitrogens with one attached hydrogen (secondary N) is 2. The summed E-state index contributed by atoms with van der Waals surface area (Å²) in [5.74, 6) is 0. The van der Waals surface area contributed by atoms with Crippen molar-refractivity contribution in [2.45, 2.75) is 12.7 Å². The molecular weight excluding hydrogens is 267 g/mol. The molecular formula is C11H9ClF3N3. The van der Waals surface area contributed by atoms with E-state index in [0.717, 1.165) is 17.8 Å². The maximum absolute atomic E-state index is 12.6. The van der Waals surface area contributed by atoms with Crippen LogP contribution >= 0.6 is 11.6 Å². The van der Waals surface area contributed by atoms with E-state index in [1.807, 2.05) is 0 Å². The number of benzene rings is 1. The van der Waals surface area contributed by atoms with Gasteiger partial charge in [0.05, 0.1) is 24.1 Å². The third-order valence-electron chi connectivity index (χ3n) is 2.26. The van der Waals surface area contributed by atoms with Crippen molar-refractivity contribution in [2.75, 3.05) is 5.32 Å². The fourth-order valence-corrected chi connectivity index (χ4v) is 1.67. The van der Waals surface area contributed by atoms with Gasteiger partial charge in [-0.3, -0.25) is 0 Å². The number of rotatable bonds is 3. The molecule has 0 fully saturated rings.